The lowest BCUT2D eigenvalue weighted by Gasteiger charge is -1.94. The highest BCUT2D eigenvalue weighted by atomic mass is 32.2. The van der Waals surface area contributed by atoms with Crippen LogP contribution in [0, 0.1) is 0 Å². The van der Waals surface area contributed by atoms with Crippen LogP contribution in [0.2, 0.25) is 0 Å². The molecule has 0 aliphatic carbocycles. The van der Waals surface area contributed by atoms with Gasteiger partial charge in [-0.15, -0.1) is 0 Å². The van der Waals surface area contributed by atoms with Crippen LogP contribution < -0.4 is 0 Å². The fraction of sp³-hybridized carbons (Fsp3) is 0.600. The average Bonchev–Trinajstić information content (AvgIpc) is 1.63. The molecular formula is C5H9FO2S. The van der Waals surface area contributed by atoms with Crippen molar-refractivity contribution in [1.82, 2.24) is 0 Å². The van der Waals surface area contributed by atoms with Gasteiger partial charge in [0.05, 0.1) is 0 Å². The Morgan fingerprint density at radius 1 is 1.67 bits per heavy atom. The smallest absolute Gasteiger partial charge is 0.156 e. The van der Waals surface area contributed by atoms with Crippen molar-refractivity contribution in [3.05, 3.63) is 12.4 Å². The van der Waals surface area contributed by atoms with Crippen LogP contribution in [0.25, 0.3) is 0 Å². The Hall–Kier alpha value is -0.380. The molecule has 0 atom stereocenters. The molecule has 0 fully saturated rings. The molecule has 0 radical (unpaired) electrons. The van der Waals surface area contributed by atoms with Gasteiger partial charge in [-0.25, -0.2) is 12.8 Å². The topological polar surface area (TPSA) is 34.1 Å². The highest BCUT2D eigenvalue weighted by Gasteiger charge is 2.08. The summed E-state index contributed by atoms with van der Waals surface area (Å²) in [7, 11) is -3.19. The van der Waals surface area contributed by atoms with E-state index in [2.05, 4.69) is 6.58 Å². The first-order valence-electron chi connectivity index (χ1n) is 2.51. The summed E-state index contributed by atoms with van der Waals surface area (Å²) in [5, 5.41) is 0. The summed E-state index contributed by atoms with van der Waals surface area (Å²) >= 11 is 0. The van der Waals surface area contributed by atoms with Crippen LogP contribution in [-0.4, -0.2) is 19.9 Å². The highest BCUT2D eigenvalue weighted by molar-refractivity contribution is 7.91. The Morgan fingerprint density at radius 2 is 2.11 bits per heavy atom. The fourth-order valence-corrected chi connectivity index (χ4v) is 1.02. The lowest BCUT2D eigenvalue weighted by Crippen LogP contribution is -2.08. The Morgan fingerprint density at radius 3 is 2.22 bits per heavy atom. The lowest BCUT2D eigenvalue weighted by molar-refractivity contribution is 0.586. The molecule has 9 heavy (non-hydrogen) atoms. The molecule has 0 aromatic heterocycles. The Balaban J connectivity index is 4.06. The zero-order valence-corrected chi connectivity index (χ0v) is 6.04. The van der Waals surface area contributed by atoms with E-state index < -0.39 is 21.4 Å². The molecule has 0 heterocycles. The summed E-state index contributed by atoms with van der Waals surface area (Å²) in [5.41, 5.74) is 0. The van der Waals surface area contributed by atoms with E-state index in [0.717, 1.165) is 0 Å². The zero-order chi connectivity index (χ0) is 7.49. The van der Waals surface area contributed by atoms with Crippen molar-refractivity contribution in [3.63, 3.8) is 0 Å². The van der Waals surface area contributed by atoms with Gasteiger partial charge in [0, 0.05) is 5.75 Å². The summed E-state index contributed by atoms with van der Waals surface area (Å²) in [5.74, 6) is -1.36. The molecule has 0 aromatic carbocycles. The average molecular weight is 152 g/mol. The summed E-state index contributed by atoms with van der Waals surface area (Å²) in [4.78, 5) is 0. The van der Waals surface area contributed by atoms with Crippen molar-refractivity contribution >= 4 is 9.84 Å². The minimum Gasteiger partial charge on any atom is -0.228 e. The van der Waals surface area contributed by atoms with Crippen LogP contribution in [-0.2, 0) is 9.84 Å². The molecule has 0 unspecified atom stereocenters. The maximum absolute atomic E-state index is 11.8. The van der Waals surface area contributed by atoms with E-state index in [1.807, 2.05) is 0 Å². The normalized spacial score (nSPS) is 11.3. The van der Waals surface area contributed by atoms with Crippen molar-refractivity contribution in [3.8, 4) is 0 Å². The molecule has 2 nitrogen and oxygen atoms in total. The first-order valence-corrected chi connectivity index (χ1v) is 4.34. The maximum Gasteiger partial charge on any atom is 0.156 e. The van der Waals surface area contributed by atoms with E-state index in [0.29, 0.717) is 0 Å². The largest absolute Gasteiger partial charge is 0.228 e. The van der Waals surface area contributed by atoms with E-state index in [1.165, 1.54) is 6.92 Å². The summed E-state index contributed by atoms with van der Waals surface area (Å²) in [6, 6.07) is 0. The van der Waals surface area contributed by atoms with E-state index in [4.69, 9.17) is 0 Å². The first kappa shape index (κ1) is 8.62. The van der Waals surface area contributed by atoms with Crippen molar-refractivity contribution < 1.29 is 12.8 Å². The van der Waals surface area contributed by atoms with Crippen LogP contribution in [0.3, 0.4) is 0 Å². The van der Waals surface area contributed by atoms with Crippen LogP contribution in [0.4, 0.5) is 4.39 Å². The standard InChI is InChI=1S/C5H9FO2S/c1-3-9(7,8)4-5(2)6/h2-4H2,1H3. The SMILES string of the molecule is C=C(F)CS(=O)(=O)CC. The van der Waals surface area contributed by atoms with Gasteiger partial charge in [-0.1, -0.05) is 13.5 Å². The van der Waals surface area contributed by atoms with Crippen LogP contribution in [0.15, 0.2) is 12.4 Å². The van der Waals surface area contributed by atoms with E-state index in [9.17, 15) is 12.8 Å². The summed E-state index contributed by atoms with van der Waals surface area (Å²) < 4.78 is 32.8. The molecule has 0 bridgehead atoms. The predicted octanol–water partition coefficient (Wildman–Crippen LogP) is 0.904. The number of rotatable bonds is 3. The van der Waals surface area contributed by atoms with Crippen molar-refractivity contribution in [2.75, 3.05) is 11.5 Å². The van der Waals surface area contributed by atoms with E-state index >= 15 is 0 Å². The molecule has 0 spiro atoms. The number of hydrogen-bond acceptors (Lipinski definition) is 2. The van der Waals surface area contributed by atoms with Gasteiger partial charge in [0.1, 0.15) is 11.6 Å². The second-order valence-corrected chi connectivity index (χ2v) is 4.05. The molecule has 0 aliphatic heterocycles. The monoisotopic (exact) mass is 152 g/mol. The third-order valence-electron chi connectivity index (χ3n) is 0.816. The third kappa shape index (κ3) is 4.14. The van der Waals surface area contributed by atoms with Gasteiger partial charge in [-0.2, -0.15) is 0 Å². The molecule has 0 amide bonds. The van der Waals surface area contributed by atoms with E-state index in [-0.39, 0.29) is 5.75 Å². The Kier molecular flexibility index (Phi) is 2.84. The van der Waals surface area contributed by atoms with Crippen molar-refractivity contribution in [1.29, 1.82) is 0 Å². The van der Waals surface area contributed by atoms with Gasteiger partial charge in [0.2, 0.25) is 0 Å². The third-order valence-corrected chi connectivity index (χ3v) is 2.45. The minimum atomic E-state index is -3.19. The van der Waals surface area contributed by atoms with Gasteiger partial charge in [0.25, 0.3) is 0 Å². The molecule has 0 aliphatic rings. The molecule has 54 valence electrons. The van der Waals surface area contributed by atoms with Crippen LogP contribution in [0.1, 0.15) is 6.92 Å². The fourth-order valence-electron chi connectivity index (χ4n) is 0.341. The number of sulfone groups is 1. The van der Waals surface area contributed by atoms with Gasteiger partial charge >= 0.3 is 0 Å². The van der Waals surface area contributed by atoms with Gasteiger partial charge in [-0.05, 0) is 0 Å². The molecule has 0 rings (SSSR count). The summed E-state index contributed by atoms with van der Waals surface area (Å²) in [6.07, 6.45) is 0. The molecule has 0 aromatic rings. The summed E-state index contributed by atoms with van der Waals surface area (Å²) in [6.45, 7) is 4.31. The quantitative estimate of drug-likeness (QED) is 0.602. The zero-order valence-electron chi connectivity index (χ0n) is 5.22. The van der Waals surface area contributed by atoms with E-state index in [1.54, 1.807) is 0 Å². The van der Waals surface area contributed by atoms with Gasteiger partial charge in [0.15, 0.2) is 9.84 Å². The first-order chi connectivity index (χ1) is 3.98. The number of hydrogen-bond donors (Lipinski definition) is 0. The minimum absolute atomic E-state index is 0.0318. The Labute approximate surface area is 54.3 Å². The van der Waals surface area contributed by atoms with Crippen molar-refractivity contribution in [2.24, 2.45) is 0 Å². The van der Waals surface area contributed by atoms with Crippen LogP contribution in [0.5, 0.6) is 0 Å². The number of halogens is 1. The van der Waals surface area contributed by atoms with Gasteiger partial charge in [-0.3, -0.25) is 0 Å². The van der Waals surface area contributed by atoms with Gasteiger partial charge < -0.3 is 0 Å². The molecule has 0 N–H and O–H groups in total. The second kappa shape index (κ2) is 2.96. The van der Waals surface area contributed by atoms with Crippen molar-refractivity contribution in [2.45, 2.75) is 6.92 Å². The molecule has 4 heteroatoms. The predicted molar refractivity (Wildman–Crippen MR) is 34.6 cm³/mol. The Bertz CT molecular complexity index is 193. The maximum atomic E-state index is 11.8. The molecule has 0 saturated heterocycles. The highest BCUT2D eigenvalue weighted by Crippen LogP contribution is 1.98. The molecular weight excluding hydrogens is 143 g/mol. The lowest BCUT2D eigenvalue weighted by atomic mass is 10.7. The second-order valence-electron chi connectivity index (χ2n) is 1.69. The van der Waals surface area contributed by atoms with Crippen LogP contribution >= 0.6 is 0 Å². The molecule has 0 saturated carbocycles.